The quantitative estimate of drug-likeness (QED) is 0.733. The third-order valence-corrected chi connectivity index (χ3v) is 3.53. The molecule has 0 aliphatic carbocycles. The van der Waals surface area contributed by atoms with Gasteiger partial charge in [0, 0.05) is 32.1 Å². The van der Waals surface area contributed by atoms with Gasteiger partial charge in [0.1, 0.15) is 0 Å². The largest absolute Gasteiger partial charge is 0.393 e. The number of urea groups is 1. The van der Waals surface area contributed by atoms with E-state index in [1.807, 2.05) is 25.8 Å². The van der Waals surface area contributed by atoms with Gasteiger partial charge in [-0.15, -0.1) is 0 Å². The van der Waals surface area contributed by atoms with Gasteiger partial charge >= 0.3 is 6.03 Å². The molecular weight excluding hydrogens is 210 g/mol. The Kier molecular flexibility index (Phi) is 3.54. The lowest BCUT2D eigenvalue weighted by Gasteiger charge is -2.26. The molecule has 0 unspecified atom stereocenters. The van der Waals surface area contributed by atoms with Crippen molar-refractivity contribution in [3.8, 4) is 0 Å². The molecule has 0 atom stereocenters. The summed E-state index contributed by atoms with van der Waals surface area (Å²) in [5.74, 6) is 0. The van der Waals surface area contributed by atoms with Gasteiger partial charge in [0.25, 0.3) is 0 Å². The highest BCUT2D eigenvalue weighted by Gasteiger charge is 2.28. The van der Waals surface area contributed by atoms with Gasteiger partial charge in [-0.2, -0.15) is 0 Å². The van der Waals surface area contributed by atoms with Gasteiger partial charge in [0.2, 0.25) is 0 Å². The highest BCUT2D eigenvalue weighted by atomic mass is 32.1. The molecule has 1 aliphatic heterocycles. The topological polar surface area (TPSA) is 49.6 Å². The third-order valence-electron chi connectivity index (χ3n) is 2.98. The Morgan fingerprint density at radius 2 is 2.13 bits per heavy atom. The monoisotopic (exact) mass is 229 g/mol. The van der Waals surface area contributed by atoms with Crippen LogP contribution in [0.4, 0.5) is 4.79 Å². The standard InChI is InChI=1S/C10H19N3OS/c1-10(2,8(11)15)4-5-13-7-6-12(3)9(13)14/h4-7H2,1-3H3,(H2,11,15). The molecule has 1 aliphatic rings. The van der Waals surface area contributed by atoms with E-state index >= 15 is 0 Å². The van der Waals surface area contributed by atoms with Crippen molar-refractivity contribution < 1.29 is 4.79 Å². The van der Waals surface area contributed by atoms with Crippen molar-refractivity contribution in [3.05, 3.63) is 0 Å². The Balaban J connectivity index is 2.45. The second kappa shape index (κ2) is 4.35. The van der Waals surface area contributed by atoms with Crippen LogP contribution in [-0.4, -0.2) is 47.5 Å². The van der Waals surface area contributed by atoms with Crippen LogP contribution in [0.5, 0.6) is 0 Å². The van der Waals surface area contributed by atoms with Gasteiger partial charge in [0.15, 0.2) is 0 Å². The van der Waals surface area contributed by atoms with Gasteiger partial charge in [-0.3, -0.25) is 0 Å². The van der Waals surface area contributed by atoms with Crippen LogP contribution < -0.4 is 5.73 Å². The molecule has 0 spiro atoms. The molecule has 1 rings (SSSR count). The molecule has 2 amide bonds. The third kappa shape index (κ3) is 2.81. The smallest absolute Gasteiger partial charge is 0.319 e. The number of thiocarbonyl (C=S) groups is 1. The van der Waals surface area contributed by atoms with Crippen LogP contribution in [0.25, 0.3) is 0 Å². The van der Waals surface area contributed by atoms with Crippen molar-refractivity contribution in [2.24, 2.45) is 11.1 Å². The first-order valence-electron chi connectivity index (χ1n) is 5.14. The highest BCUT2D eigenvalue weighted by molar-refractivity contribution is 7.80. The van der Waals surface area contributed by atoms with Crippen molar-refractivity contribution in [3.63, 3.8) is 0 Å². The predicted octanol–water partition coefficient (Wildman–Crippen LogP) is 1.06. The maximum absolute atomic E-state index is 11.6. The Hall–Kier alpha value is -0.840. The van der Waals surface area contributed by atoms with Crippen molar-refractivity contribution in [1.29, 1.82) is 0 Å². The number of likely N-dealkylation sites (N-methyl/N-ethyl adjacent to an activating group) is 1. The van der Waals surface area contributed by atoms with Crippen LogP contribution in [0.2, 0.25) is 0 Å². The molecule has 5 heteroatoms. The van der Waals surface area contributed by atoms with Crippen molar-refractivity contribution >= 4 is 23.2 Å². The van der Waals surface area contributed by atoms with Gasteiger partial charge in [-0.25, -0.2) is 4.79 Å². The number of carbonyl (C=O) groups is 1. The number of carbonyl (C=O) groups excluding carboxylic acids is 1. The van der Waals surface area contributed by atoms with Crippen LogP contribution in [0.15, 0.2) is 0 Å². The maximum atomic E-state index is 11.6. The average molecular weight is 229 g/mol. The molecule has 86 valence electrons. The fourth-order valence-corrected chi connectivity index (χ4v) is 1.55. The van der Waals surface area contributed by atoms with E-state index in [9.17, 15) is 4.79 Å². The lowest BCUT2D eigenvalue weighted by molar-refractivity contribution is 0.195. The summed E-state index contributed by atoms with van der Waals surface area (Å²) < 4.78 is 0. The van der Waals surface area contributed by atoms with Gasteiger partial charge < -0.3 is 15.5 Å². The second-order valence-corrected chi connectivity index (χ2v) is 5.13. The number of amides is 2. The molecule has 1 heterocycles. The van der Waals surface area contributed by atoms with E-state index in [4.69, 9.17) is 18.0 Å². The molecule has 4 nitrogen and oxygen atoms in total. The lowest BCUT2D eigenvalue weighted by Crippen LogP contribution is -2.36. The van der Waals surface area contributed by atoms with Crippen molar-refractivity contribution in [1.82, 2.24) is 9.80 Å². The van der Waals surface area contributed by atoms with Gasteiger partial charge in [-0.05, 0) is 6.42 Å². The molecule has 1 fully saturated rings. The number of hydrogen-bond acceptors (Lipinski definition) is 2. The van der Waals surface area contributed by atoms with Crippen LogP contribution >= 0.6 is 12.2 Å². The van der Waals surface area contributed by atoms with Gasteiger partial charge in [-0.1, -0.05) is 26.1 Å². The number of nitrogens with zero attached hydrogens (tertiary/aromatic N) is 2. The van der Waals surface area contributed by atoms with Gasteiger partial charge in [0.05, 0.1) is 4.99 Å². The minimum Gasteiger partial charge on any atom is -0.393 e. The zero-order valence-corrected chi connectivity index (χ0v) is 10.4. The summed E-state index contributed by atoms with van der Waals surface area (Å²) >= 11 is 4.99. The van der Waals surface area contributed by atoms with Crippen LogP contribution in [0, 0.1) is 5.41 Å². The summed E-state index contributed by atoms with van der Waals surface area (Å²) in [5, 5.41) is 0. The van der Waals surface area contributed by atoms with E-state index in [1.54, 1.807) is 4.90 Å². The molecule has 2 N–H and O–H groups in total. The molecule has 15 heavy (non-hydrogen) atoms. The second-order valence-electron chi connectivity index (χ2n) is 4.69. The first-order valence-corrected chi connectivity index (χ1v) is 5.55. The van der Waals surface area contributed by atoms with E-state index in [0.29, 0.717) is 4.99 Å². The Morgan fingerprint density at radius 1 is 1.53 bits per heavy atom. The fourth-order valence-electron chi connectivity index (χ4n) is 1.45. The SMILES string of the molecule is CN1CCN(CCC(C)(C)C(N)=S)C1=O. The summed E-state index contributed by atoms with van der Waals surface area (Å²) in [4.78, 5) is 15.7. The van der Waals surface area contributed by atoms with E-state index < -0.39 is 0 Å². The average Bonchev–Trinajstić information content (AvgIpc) is 2.45. The molecular formula is C10H19N3OS. The van der Waals surface area contributed by atoms with E-state index in [0.717, 1.165) is 26.1 Å². The minimum absolute atomic E-state index is 0.105. The van der Waals surface area contributed by atoms with E-state index in [1.165, 1.54) is 0 Å². The number of rotatable bonds is 4. The Labute approximate surface area is 96.4 Å². The summed E-state index contributed by atoms with van der Waals surface area (Å²) in [6.07, 6.45) is 0.821. The number of hydrogen-bond donors (Lipinski definition) is 1. The summed E-state index contributed by atoms with van der Waals surface area (Å²) in [5.41, 5.74) is 5.46. The van der Waals surface area contributed by atoms with Crippen LogP contribution in [0.1, 0.15) is 20.3 Å². The molecule has 0 radical (unpaired) electrons. The fraction of sp³-hybridized carbons (Fsp3) is 0.800. The minimum atomic E-state index is -0.170. The summed E-state index contributed by atoms with van der Waals surface area (Å²) in [7, 11) is 1.82. The van der Waals surface area contributed by atoms with E-state index in [2.05, 4.69) is 0 Å². The zero-order valence-electron chi connectivity index (χ0n) is 9.62. The van der Waals surface area contributed by atoms with Crippen molar-refractivity contribution in [2.75, 3.05) is 26.7 Å². The first-order chi connectivity index (χ1) is 6.84. The van der Waals surface area contributed by atoms with Crippen LogP contribution in [-0.2, 0) is 0 Å². The predicted molar refractivity (Wildman–Crippen MR) is 64.8 cm³/mol. The van der Waals surface area contributed by atoms with Crippen LogP contribution in [0.3, 0.4) is 0 Å². The molecule has 0 saturated carbocycles. The molecule has 0 aromatic heterocycles. The van der Waals surface area contributed by atoms with Crippen molar-refractivity contribution in [2.45, 2.75) is 20.3 Å². The summed E-state index contributed by atoms with van der Waals surface area (Å²) in [6, 6.07) is 0.105. The highest BCUT2D eigenvalue weighted by Crippen LogP contribution is 2.22. The zero-order chi connectivity index (χ0) is 11.6. The molecule has 0 bridgehead atoms. The summed E-state index contributed by atoms with van der Waals surface area (Å²) in [6.45, 7) is 6.38. The maximum Gasteiger partial charge on any atom is 0.319 e. The Bertz CT molecular complexity index is 278. The number of nitrogens with two attached hydrogens (primary N) is 1. The van der Waals surface area contributed by atoms with E-state index in [-0.39, 0.29) is 11.4 Å². The Morgan fingerprint density at radius 3 is 2.53 bits per heavy atom. The molecule has 0 aromatic rings. The molecule has 1 saturated heterocycles. The molecule has 0 aromatic carbocycles. The first kappa shape index (κ1) is 12.2. The lowest BCUT2D eigenvalue weighted by atomic mass is 9.89. The normalized spacial score (nSPS) is 17.4.